The molecule has 0 saturated carbocycles. The number of pyridine rings is 1. The Labute approximate surface area is 145 Å². The van der Waals surface area contributed by atoms with Crippen LogP contribution in [0.2, 0.25) is 0 Å². The van der Waals surface area contributed by atoms with E-state index in [1.54, 1.807) is 23.3 Å². The molecular formula is C18H18N4O3. The molecule has 0 spiro atoms. The normalized spacial score (nSPS) is 18.0. The van der Waals surface area contributed by atoms with Crippen LogP contribution in [0.4, 0.5) is 5.69 Å². The molecule has 25 heavy (non-hydrogen) atoms. The smallest absolute Gasteiger partial charge is 0.335 e. The van der Waals surface area contributed by atoms with Gasteiger partial charge in [0.25, 0.3) is 5.91 Å². The summed E-state index contributed by atoms with van der Waals surface area (Å²) in [5, 5.41) is 14.4. The van der Waals surface area contributed by atoms with Gasteiger partial charge in [0, 0.05) is 12.7 Å². The molecule has 128 valence electrons. The number of amides is 1. The minimum atomic E-state index is -1.14. The molecule has 7 nitrogen and oxygen atoms in total. The molecule has 0 aliphatic carbocycles. The lowest BCUT2D eigenvalue weighted by Gasteiger charge is -2.37. The lowest BCUT2D eigenvalue weighted by Crippen LogP contribution is -2.52. The first-order valence-corrected chi connectivity index (χ1v) is 7.89. The summed E-state index contributed by atoms with van der Waals surface area (Å²) in [5.74, 6) is -1.64. The highest BCUT2D eigenvalue weighted by Crippen LogP contribution is 2.33. The van der Waals surface area contributed by atoms with Crippen LogP contribution >= 0.6 is 0 Å². The highest BCUT2D eigenvalue weighted by Gasteiger charge is 2.38. The molecule has 0 fully saturated rings. The Morgan fingerprint density at radius 3 is 2.64 bits per heavy atom. The van der Waals surface area contributed by atoms with E-state index >= 15 is 0 Å². The molecule has 1 atom stereocenters. The Kier molecular flexibility index (Phi) is 4.76. The summed E-state index contributed by atoms with van der Waals surface area (Å²) >= 11 is 0. The van der Waals surface area contributed by atoms with Gasteiger partial charge in [-0.3, -0.25) is 15.2 Å². The van der Waals surface area contributed by atoms with E-state index in [1.807, 2.05) is 37.3 Å². The fourth-order valence-corrected chi connectivity index (χ4v) is 2.84. The number of likely N-dealkylation sites (N-methyl/N-ethyl adjacent to an activating group) is 1. The van der Waals surface area contributed by atoms with Crippen LogP contribution in [0.25, 0.3) is 0 Å². The average Bonchev–Trinajstić information content (AvgIpc) is 2.64. The molecule has 3 N–H and O–H groups in total. The standard InChI is InChI=1S/C18H18N4O3/c1-2-22-16(12-7-4-3-5-8-12)14(18(24)25)15(17(23)21-22)20-13-9-6-10-19-11-13/h3-11,16,20H,2H2,1H3,(H,21,23)(H,24,25). The molecule has 1 aliphatic rings. The SMILES string of the molecule is CCN1NC(=O)C(Nc2cccnc2)=C(C(=O)O)C1c1ccccc1. The molecule has 1 unspecified atom stereocenters. The fourth-order valence-electron chi connectivity index (χ4n) is 2.84. The number of hydrogen-bond donors (Lipinski definition) is 3. The van der Waals surface area contributed by atoms with Crippen molar-refractivity contribution < 1.29 is 14.7 Å². The van der Waals surface area contributed by atoms with E-state index in [-0.39, 0.29) is 11.3 Å². The molecule has 1 aromatic carbocycles. The third kappa shape index (κ3) is 3.36. The number of aromatic nitrogens is 1. The van der Waals surface area contributed by atoms with Gasteiger partial charge < -0.3 is 10.4 Å². The number of nitrogens with one attached hydrogen (secondary N) is 2. The van der Waals surface area contributed by atoms with Crippen LogP contribution in [0.5, 0.6) is 0 Å². The van der Waals surface area contributed by atoms with Gasteiger partial charge in [-0.2, -0.15) is 0 Å². The summed E-state index contributed by atoms with van der Waals surface area (Å²) in [6.45, 7) is 2.32. The Bertz CT molecular complexity index is 806. The number of nitrogens with zero attached hydrogens (tertiary/aromatic N) is 2. The Hall–Kier alpha value is -3.19. The largest absolute Gasteiger partial charge is 0.478 e. The van der Waals surface area contributed by atoms with Gasteiger partial charge in [0.1, 0.15) is 5.70 Å². The molecule has 2 aromatic rings. The number of hydrogen-bond acceptors (Lipinski definition) is 5. The molecule has 1 aliphatic heterocycles. The third-order valence-corrected chi connectivity index (χ3v) is 3.94. The van der Waals surface area contributed by atoms with Gasteiger partial charge in [0.05, 0.1) is 23.5 Å². The van der Waals surface area contributed by atoms with Crippen molar-refractivity contribution >= 4 is 17.6 Å². The number of benzene rings is 1. The highest BCUT2D eigenvalue weighted by molar-refractivity contribution is 6.06. The van der Waals surface area contributed by atoms with Crippen LogP contribution in [-0.4, -0.2) is 33.5 Å². The third-order valence-electron chi connectivity index (χ3n) is 3.94. The van der Waals surface area contributed by atoms with Crippen molar-refractivity contribution in [1.82, 2.24) is 15.4 Å². The zero-order valence-corrected chi connectivity index (χ0v) is 13.6. The second kappa shape index (κ2) is 7.14. The fraction of sp³-hybridized carbons (Fsp3) is 0.167. The molecule has 7 heteroatoms. The van der Waals surface area contributed by atoms with Crippen LogP contribution in [0, 0.1) is 0 Å². The predicted molar refractivity (Wildman–Crippen MR) is 92.2 cm³/mol. The summed E-state index contributed by atoms with van der Waals surface area (Å²) in [4.78, 5) is 28.5. The van der Waals surface area contributed by atoms with Crippen molar-refractivity contribution in [3.63, 3.8) is 0 Å². The quantitative estimate of drug-likeness (QED) is 0.771. The first-order valence-electron chi connectivity index (χ1n) is 7.89. The van der Waals surface area contributed by atoms with Gasteiger partial charge in [-0.1, -0.05) is 37.3 Å². The maximum Gasteiger partial charge on any atom is 0.335 e. The zero-order chi connectivity index (χ0) is 17.8. The molecule has 0 bridgehead atoms. The van der Waals surface area contributed by atoms with Crippen molar-refractivity contribution in [2.75, 3.05) is 11.9 Å². The average molecular weight is 338 g/mol. The van der Waals surface area contributed by atoms with Gasteiger partial charge >= 0.3 is 5.97 Å². The lowest BCUT2D eigenvalue weighted by molar-refractivity contribution is -0.136. The van der Waals surface area contributed by atoms with Gasteiger partial charge in [0.2, 0.25) is 0 Å². The van der Waals surface area contributed by atoms with E-state index in [0.29, 0.717) is 12.2 Å². The maximum absolute atomic E-state index is 12.5. The maximum atomic E-state index is 12.5. The van der Waals surface area contributed by atoms with Crippen LogP contribution < -0.4 is 10.7 Å². The molecule has 3 rings (SSSR count). The summed E-state index contributed by atoms with van der Waals surface area (Å²) in [5.41, 5.74) is 4.10. The van der Waals surface area contributed by atoms with Crippen LogP contribution in [-0.2, 0) is 9.59 Å². The second-order valence-corrected chi connectivity index (χ2v) is 5.50. The van der Waals surface area contributed by atoms with Crippen molar-refractivity contribution in [1.29, 1.82) is 0 Å². The van der Waals surface area contributed by atoms with E-state index < -0.39 is 17.9 Å². The molecular weight excluding hydrogens is 320 g/mol. The summed E-state index contributed by atoms with van der Waals surface area (Å²) in [7, 11) is 0. The minimum absolute atomic E-state index is 0.000605. The van der Waals surface area contributed by atoms with E-state index in [1.165, 1.54) is 6.20 Å². The number of carboxylic acid groups (broad SMARTS) is 1. The molecule has 1 aromatic heterocycles. The highest BCUT2D eigenvalue weighted by atomic mass is 16.4. The Morgan fingerprint density at radius 1 is 1.28 bits per heavy atom. The number of anilines is 1. The number of aliphatic carboxylic acids is 1. The van der Waals surface area contributed by atoms with E-state index in [2.05, 4.69) is 15.7 Å². The number of hydrazine groups is 1. The van der Waals surface area contributed by atoms with E-state index in [9.17, 15) is 14.7 Å². The van der Waals surface area contributed by atoms with Crippen molar-refractivity contribution in [2.24, 2.45) is 0 Å². The first-order chi connectivity index (χ1) is 12.1. The lowest BCUT2D eigenvalue weighted by atomic mass is 9.94. The number of carboxylic acids is 1. The van der Waals surface area contributed by atoms with E-state index in [0.717, 1.165) is 5.56 Å². The van der Waals surface area contributed by atoms with Crippen LogP contribution in [0.15, 0.2) is 66.1 Å². The molecule has 0 radical (unpaired) electrons. The van der Waals surface area contributed by atoms with Crippen LogP contribution in [0.1, 0.15) is 18.5 Å². The first kappa shape index (κ1) is 16.7. The predicted octanol–water partition coefficient (Wildman–Crippen LogP) is 1.94. The summed E-state index contributed by atoms with van der Waals surface area (Å²) in [6.07, 6.45) is 3.13. The summed E-state index contributed by atoms with van der Waals surface area (Å²) in [6, 6.07) is 12.1. The number of rotatable bonds is 5. The minimum Gasteiger partial charge on any atom is -0.478 e. The molecule has 0 saturated heterocycles. The number of carbonyl (C=O) groups is 2. The van der Waals surface area contributed by atoms with Gasteiger partial charge in [-0.15, -0.1) is 0 Å². The van der Waals surface area contributed by atoms with Crippen molar-refractivity contribution in [3.8, 4) is 0 Å². The second-order valence-electron chi connectivity index (χ2n) is 5.50. The monoisotopic (exact) mass is 338 g/mol. The number of carbonyl (C=O) groups excluding carboxylic acids is 1. The van der Waals surface area contributed by atoms with Gasteiger partial charge in [0.15, 0.2) is 0 Å². The zero-order valence-electron chi connectivity index (χ0n) is 13.6. The van der Waals surface area contributed by atoms with Crippen molar-refractivity contribution in [2.45, 2.75) is 13.0 Å². The topological polar surface area (TPSA) is 94.6 Å². The molecule has 1 amide bonds. The van der Waals surface area contributed by atoms with Gasteiger partial charge in [-0.25, -0.2) is 9.80 Å². The van der Waals surface area contributed by atoms with Crippen molar-refractivity contribution in [3.05, 3.63) is 71.7 Å². The Morgan fingerprint density at radius 2 is 2.04 bits per heavy atom. The van der Waals surface area contributed by atoms with Crippen LogP contribution in [0.3, 0.4) is 0 Å². The summed E-state index contributed by atoms with van der Waals surface area (Å²) < 4.78 is 0. The van der Waals surface area contributed by atoms with E-state index in [4.69, 9.17) is 0 Å². The Balaban J connectivity index is 2.13. The molecule has 2 heterocycles. The van der Waals surface area contributed by atoms with Gasteiger partial charge in [-0.05, 0) is 17.7 Å².